The number of hydrogen-bond donors (Lipinski definition) is 1. The Balaban J connectivity index is 1.98. The Morgan fingerprint density at radius 3 is 2.75 bits per heavy atom. The largest absolute Gasteiger partial charge is 0.340 e. The smallest absolute Gasteiger partial charge is 0.0947 e. The van der Waals surface area contributed by atoms with Gasteiger partial charge in [0.2, 0.25) is 0 Å². The molecule has 1 aliphatic rings. The van der Waals surface area contributed by atoms with Crippen LogP contribution in [0.5, 0.6) is 0 Å². The average molecular weight is 269 g/mol. The normalized spacial score (nSPS) is 16.9. The molecule has 106 valence electrons. The van der Waals surface area contributed by atoms with E-state index in [0.717, 1.165) is 18.2 Å². The van der Waals surface area contributed by atoms with Crippen molar-refractivity contribution >= 4 is 0 Å². The quantitative estimate of drug-likeness (QED) is 0.901. The summed E-state index contributed by atoms with van der Waals surface area (Å²) in [5, 5.41) is 3.60. The first-order valence-electron chi connectivity index (χ1n) is 7.59. The van der Waals surface area contributed by atoms with Crippen molar-refractivity contribution in [2.45, 2.75) is 38.1 Å². The second-order valence-corrected chi connectivity index (χ2v) is 5.71. The van der Waals surface area contributed by atoms with Crippen molar-refractivity contribution in [2.24, 2.45) is 7.05 Å². The average Bonchev–Trinajstić information content (AvgIpc) is 2.81. The highest BCUT2D eigenvalue weighted by atomic mass is 15.0. The van der Waals surface area contributed by atoms with Gasteiger partial charge in [0.05, 0.1) is 18.1 Å². The lowest BCUT2D eigenvalue weighted by Crippen LogP contribution is -2.25. The standard InChI is InChI=1S/C17H23N3/c1-3-18-17(16-11-20(2)12-19-16)15-10-5-4-9-14(15)13-7-6-8-13/h4-5,9-13,17-18H,3,6-8H2,1-2H3. The van der Waals surface area contributed by atoms with Gasteiger partial charge in [-0.25, -0.2) is 4.98 Å². The zero-order valence-electron chi connectivity index (χ0n) is 12.3. The number of nitrogens with zero attached hydrogens (tertiary/aromatic N) is 2. The molecule has 0 bridgehead atoms. The van der Waals surface area contributed by atoms with Crippen LogP contribution in [0, 0.1) is 0 Å². The predicted octanol–water partition coefficient (Wildman–Crippen LogP) is 3.39. The Hall–Kier alpha value is -1.61. The summed E-state index contributed by atoms with van der Waals surface area (Å²) < 4.78 is 2.02. The topological polar surface area (TPSA) is 29.9 Å². The first kappa shape index (κ1) is 13.4. The van der Waals surface area contributed by atoms with Crippen molar-refractivity contribution in [1.82, 2.24) is 14.9 Å². The molecule has 3 rings (SSSR count). The third kappa shape index (κ3) is 2.50. The summed E-state index contributed by atoms with van der Waals surface area (Å²) in [6, 6.07) is 9.07. The summed E-state index contributed by atoms with van der Waals surface area (Å²) in [6.45, 7) is 3.10. The van der Waals surface area contributed by atoms with Crippen LogP contribution in [0.4, 0.5) is 0 Å². The molecule has 0 amide bonds. The molecule has 3 nitrogen and oxygen atoms in total. The minimum atomic E-state index is 0.206. The summed E-state index contributed by atoms with van der Waals surface area (Å²) in [7, 11) is 2.03. The molecule has 3 heteroatoms. The number of aryl methyl sites for hydroxylation is 1. The predicted molar refractivity (Wildman–Crippen MR) is 81.8 cm³/mol. The van der Waals surface area contributed by atoms with Gasteiger partial charge in [0.25, 0.3) is 0 Å². The Morgan fingerprint density at radius 2 is 2.15 bits per heavy atom. The highest BCUT2D eigenvalue weighted by Crippen LogP contribution is 2.40. The van der Waals surface area contributed by atoms with E-state index >= 15 is 0 Å². The monoisotopic (exact) mass is 269 g/mol. The maximum atomic E-state index is 4.56. The molecule has 1 aromatic carbocycles. The third-order valence-corrected chi connectivity index (χ3v) is 4.28. The summed E-state index contributed by atoms with van der Waals surface area (Å²) in [5.74, 6) is 0.746. The van der Waals surface area contributed by atoms with E-state index < -0.39 is 0 Å². The molecule has 1 saturated carbocycles. The molecule has 20 heavy (non-hydrogen) atoms. The van der Waals surface area contributed by atoms with E-state index in [-0.39, 0.29) is 6.04 Å². The van der Waals surface area contributed by atoms with Crippen LogP contribution in [-0.2, 0) is 7.05 Å². The van der Waals surface area contributed by atoms with Crippen LogP contribution in [0.15, 0.2) is 36.8 Å². The van der Waals surface area contributed by atoms with Crippen LogP contribution in [0.25, 0.3) is 0 Å². The molecule has 0 aliphatic heterocycles. The minimum Gasteiger partial charge on any atom is -0.340 e. The molecule has 0 spiro atoms. The van der Waals surface area contributed by atoms with E-state index in [0.29, 0.717) is 0 Å². The molecule has 0 saturated heterocycles. The second-order valence-electron chi connectivity index (χ2n) is 5.71. The van der Waals surface area contributed by atoms with E-state index in [2.05, 4.69) is 47.7 Å². The molecular formula is C17H23N3. The SMILES string of the molecule is CCNC(c1cn(C)cn1)c1ccccc1C1CCC1. The number of imidazole rings is 1. The van der Waals surface area contributed by atoms with Gasteiger partial charge in [-0.05, 0) is 36.4 Å². The van der Waals surface area contributed by atoms with Crippen molar-refractivity contribution in [3.05, 3.63) is 53.6 Å². The van der Waals surface area contributed by atoms with Crippen LogP contribution in [-0.4, -0.2) is 16.1 Å². The molecule has 0 radical (unpaired) electrons. The zero-order valence-corrected chi connectivity index (χ0v) is 12.3. The van der Waals surface area contributed by atoms with Gasteiger partial charge in [-0.1, -0.05) is 37.6 Å². The third-order valence-electron chi connectivity index (χ3n) is 4.28. The van der Waals surface area contributed by atoms with Crippen molar-refractivity contribution < 1.29 is 0 Å². The van der Waals surface area contributed by atoms with Crippen molar-refractivity contribution in [3.63, 3.8) is 0 Å². The molecule has 1 fully saturated rings. The number of nitrogens with one attached hydrogen (secondary N) is 1. The molecule has 1 unspecified atom stereocenters. The van der Waals surface area contributed by atoms with E-state index in [9.17, 15) is 0 Å². The summed E-state index contributed by atoms with van der Waals surface area (Å²) in [6.07, 6.45) is 8.03. The lowest BCUT2D eigenvalue weighted by molar-refractivity contribution is 0.414. The van der Waals surface area contributed by atoms with Crippen molar-refractivity contribution in [1.29, 1.82) is 0 Å². The molecule has 1 heterocycles. The van der Waals surface area contributed by atoms with Crippen LogP contribution >= 0.6 is 0 Å². The first-order valence-corrected chi connectivity index (χ1v) is 7.59. The molecule has 1 atom stereocenters. The van der Waals surface area contributed by atoms with E-state index in [4.69, 9.17) is 0 Å². The number of benzene rings is 1. The summed E-state index contributed by atoms with van der Waals surface area (Å²) in [5.41, 5.74) is 4.02. The van der Waals surface area contributed by atoms with Gasteiger partial charge in [0.1, 0.15) is 0 Å². The molecular weight excluding hydrogens is 246 g/mol. The van der Waals surface area contributed by atoms with Crippen LogP contribution in [0.3, 0.4) is 0 Å². The van der Waals surface area contributed by atoms with Gasteiger partial charge in [-0.2, -0.15) is 0 Å². The fraction of sp³-hybridized carbons (Fsp3) is 0.471. The first-order chi connectivity index (χ1) is 9.79. The summed E-state index contributed by atoms with van der Waals surface area (Å²) >= 11 is 0. The summed E-state index contributed by atoms with van der Waals surface area (Å²) in [4.78, 5) is 4.56. The number of aromatic nitrogens is 2. The Labute approximate surface area is 121 Å². The van der Waals surface area contributed by atoms with E-state index in [1.165, 1.54) is 30.4 Å². The van der Waals surface area contributed by atoms with E-state index in [1.807, 2.05) is 17.9 Å². The van der Waals surface area contributed by atoms with Gasteiger partial charge in [0, 0.05) is 13.2 Å². The highest BCUT2D eigenvalue weighted by Gasteiger charge is 2.26. The van der Waals surface area contributed by atoms with Crippen LogP contribution < -0.4 is 5.32 Å². The van der Waals surface area contributed by atoms with Gasteiger partial charge < -0.3 is 9.88 Å². The van der Waals surface area contributed by atoms with Crippen LogP contribution in [0.2, 0.25) is 0 Å². The molecule has 2 aromatic rings. The second kappa shape index (κ2) is 5.80. The Bertz CT molecular complexity index is 569. The van der Waals surface area contributed by atoms with Crippen LogP contribution in [0.1, 0.15) is 55.0 Å². The van der Waals surface area contributed by atoms with Crippen molar-refractivity contribution in [2.75, 3.05) is 6.54 Å². The maximum Gasteiger partial charge on any atom is 0.0947 e. The Kier molecular flexibility index (Phi) is 3.88. The zero-order chi connectivity index (χ0) is 13.9. The highest BCUT2D eigenvalue weighted by molar-refractivity contribution is 5.38. The van der Waals surface area contributed by atoms with E-state index in [1.54, 1.807) is 0 Å². The fourth-order valence-corrected chi connectivity index (χ4v) is 3.02. The van der Waals surface area contributed by atoms with Gasteiger partial charge in [-0.15, -0.1) is 0 Å². The van der Waals surface area contributed by atoms with Gasteiger partial charge in [-0.3, -0.25) is 0 Å². The minimum absolute atomic E-state index is 0.206. The van der Waals surface area contributed by atoms with Gasteiger partial charge >= 0.3 is 0 Å². The van der Waals surface area contributed by atoms with Crippen molar-refractivity contribution in [3.8, 4) is 0 Å². The number of rotatable bonds is 5. The maximum absolute atomic E-state index is 4.56. The fourth-order valence-electron chi connectivity index (χ4n) is 3.02. The lowest BCUT2D eigenvalue weighted by Gasteiger charge is -2.30. The lowest BCUT2D eigenvalue weighted by atomic mass is 9.77. The molecule has 1 N–H and O–H groups in total. The molecule has 1 aliphatic carbocycles. The van der Waals surface area contributed by atoms with Gasteiger partial charge in [0.15, 0.2) is 0 Å². The number of hydrogen-bond acceptors (Lipinski definition) is 2. The molecule has 1 aromatic heterocycles. The Morgan fingerprint density at radius 1 is 1.35 bits per heavy atom.